The number of benzene rings is 1. The third kappa shape index (κ3) is 5.21. The molecule has 2 amide bonds. The Bertz CT molecular complexity index is 463. The number of hydrogen-bond donors (Lipinski definition) is 2. The van der Waals surface area contributed by atoms with Crippen LogP contribution in [0.25, 0.3) is 0 Å². The number of carbonyl (C=O) groups is 2. The van der Waals surface area contributed by atoms with Crippen LogP contribution in [0.4, 0.5) is 5.69 Å². The Hall–Kier alpha value is -1.55. The number of carbonyl (C=O) groups excluding carboxylic acids is 2. The van der Waals surface area contributed by atoms with Crippen molar-refractivity contribution < 1.29 is 9.59 Å². The zero-order chi connectivity index (χ0) is 15.0. The van der Waals surface area contributed by atoms with Gasteiger partial charge in [-0.25, -0.2) is 0 Å². The highest BCUT2D eigenvalue weighted by Gasteiger charge is 2.14. The lowest BCUT2D eigenvalue weighted by molar-refractivity contribution is -0.116. The molecule has 1 aromatic carbocycles. The van der Waals surface area contributed by atoms with Gasteiger partial charge in [-0.05, 0) is 31.9 Å². The molecule has 0 fully saturated rings. The predicted octanol–water partition coefficient (Wildman–Crippen LogP) is 3.17. The van der Waals surface area contributed by atoms with E-state index in [1.165, 1.54) is 0 Å². The van der Waals surface area contributed by atoms with Crippen LogP contribution in [0.15, 0.2) is 24.3 Å². The van der Waals surface area contributed by atoms with E-state index in [0.29, 0.717) is 30.0 Å². The molecule has 1 aromatic rings. The Balaban J connectivity index is 2.77. The highest BCUT2D eigenvalue weighted by Crippen LogP contribution is 2.16. The molecule has 0 spiro atoms. The molecule has 0 saturated carbocycles. The molecular formula is C15H21ClN2O2. The lowest BCUT2D eigenvalue weighted by Crippen LogP contribution is -2.32. The van der Waals surface area contributed by atoms with Crippen molar-refractivity contribution in [2.75, 3.05) is 11.2 Å². The highest BCUT2D eigenvalue weighted by molar-refractivity contribution is 6.18. The van der Waals surface area contributed by atoms with E-state index >= 15 is 0 Å². The molecule has 0 aromatic heterocycles. The summed E-state index contributed by atoms with van der Waals surface area (Å²) < 4.78 is 0. The number of hydrogen-bond acceptors (Lipinski definition) is 2. The van der Waals surface area contributed by atoms with E-state index < -0.39 is 0 Å². The van der Waals surface area contributed by atoms with Gasteiger partial charge in [0.1, 0.15) is 0 Å². The van der Waals surface area contributed by atoms with Gasteiger partial charge in [0, 0.05) is 18.3 Å². The summed E-state index contributed by atoms with van der Waals surface area (Å²) in [6.45, 7) is 3.95. The van der Waals surface area contributed by atoms with Crippen molar-refractivity contribution in [3.05, 3.63) is 29.8 Å². The van der Waals surface area contributed by atoms with Gasteiger partial charge in [0.05, 0.1) is 11.3 Å². The number of para-hydroxylation sites is 1. The first-order valence-electron chi connectivity index (χ1n) is 6.84. The first-order chi connectivity index (χ1) is 9.58. The molecule has 5 heteroatoms. The van der Waals surface area contributed by atoms with Crippen LogP contribution in [0.1, 0.15) is 43.5 Å². The summed E-state index contributed by atoms with van der Waals surface area (Å²) in [7, 11) is 0. The molecule has 20 heavy (non-hydrogen) atoms. The second kappa shape index (κ2) is 8.59. The second-order valence-electron chi connectivity index (χ2n) is 4.67. The minimum Gasteiger partial charge on any atom is -0.350 e. The molecule has 110 valence electrons. The molecule has 4 nitrogen and oxygen atoms in total. The average molecular weight is 297 g/mol. The monoisotopic (exact) mass is 296 g/mol. The lowest BCUT2D eigenvalue weighted by atomic mass is 10.1. The first kappa shape index (κ1) is 16.5. The van der Waals surface area contributed by atoms with E-state index in [1.807, 2.05) is 13.8 Å². The summed E-state index contributed by atoms with van der Waals surface area (Å²) in [5, 5.41) is 5.65. The summed E-state index contributed by atoms with van der Waals surface area (Å²) in [6, 6.07) is 7.10. The van der Waals surface area contributed by atoms with Crippen molar-refractivity contribution >= 4 is 29.1 Å². The van der Waals surface area contributed by atoms with E-state index in [1.54, 1.807) is 24.3 Å². The van der Waals surface area contributed by atoms with Crippen molar-refractivity contribution in [3.63, 3.8) is 0 Å². The van der Waals surface area contributed by atoms with E-state index in [9.17, 15) is 9.59 Å². The van der Waals surface area contributed by atoms with Crippen molar-refractivity contribution in [2.24, 2.45) is 0 Å². The summed E-state index contributed by atoms with van der Waals surface area (Å²) in [4.78, 5) is 23.9. The number of nitrogens with one attached hydrogen (secondary N) is 2. The first-order valence-corrected chi connectivity index (χ1v) is 7.37. The van der Waals surface area contributed by atoms with Crippen LogP contribution in [0.5, 0.6) is 0 Å². The van der Waals surface area contributed by atoms with Gasteiger partial charge in [0.15, 0.2) is 0 Å². The van der Waals surface area contributed by atoms with E-state index in [4.69, 9.17) is 11.6 Å². The van der Waals surface area contributed by atoms with Crippen LogP contribution in [0.3, 0.4) is 0 Å². The number of amides is 2. The summed E-state index contributed by atoms with van der Waals surface area (Å²) in [5.74, 6) is 0.144. The third-order valence-electron chi connectivity index (χ3n) is 2.97. The lowest BCUT2D eigenvalue weighted by Gasteiger charge is -2.14. The van der Waals surface area contributed by atoms with Crippen LogP contribution < -0.4 is 10.6 Å². The summed E-state index contributed by atoms with van der Waals surface area (Å²) >= 11 is 5.56. The molecule has 0 aliphatic rings. The molecule has 0 radical (unpaired) electrons. The molecule has 1 unspecified atom stereocenters. The van der Waals surface area contributed by atoms with Crippen LogP contribution in [-0.2, 0) is 4.79 Å². The molecule has 1 rings (SSSR count). The van der Waals surface area contributed by atoms with Gasteiger partial charge in [-0.15, -0.1) is 11.6 Å². The van der Waals surface area contributed by atoms with Crippen LogP contribution >= 0.6 is 11.6 Å². The molecule has 0 aliphatic carbocycles. The molecule has 1 atom stereocenters. The predicted molar refractivity (Wildman–Crippen MR) is 82.2 cm³/mol. The van der Waals surface area contributed by atoms with Crippen molar-refractivity contribution in [1.82, 2.24) is 5.32 Å². The number of halogens is 1. The van der Waals surface area contributed by atoms with E-state index in [2.05, 4.69) is 10.6 Å². The molecule has 2 N–H and O–H groups in total. The molecule has 0 aliphatic heterocycles. The maximum absolute atomic E-state index is 12.1. The maximum atomic E-state index is 12.1. The zero-order valence-corrected chi connectivity index (χ0v) is 12.7. The zero-order valence-electron chi connectivity index (χ0n) is 11.9. The fraction of sp³-hybridized carbons (Fsp3) is 0.467. The smallest absolute Gasteiger partial charge is 0.253 e. The maximum Gasteiger partial charge on any atom is 0.253 e. The SMILES string of the molecule is CCC(C)NC(=O)c1ccccc1NC(=O)CCCCl. The molecule has 0 bridgehead atoms. The molecule has 0 saturated heterocycles. The highest BCUT2D eigenvalue weighted by atomic mass is 35.5. The van der Waals surface area contributed by atoms with Crippen LogP contribution in [0.2, 0.25) is 0 Å². The molecular weight excluding hydrogens is 276 g/mol. The second-order valence-corrected chi connectivity index (χ2v) is 5.05. The van der Waals surface area contributed by atoms with Gasteiger partial charge in [-0.1, -0.05) is 19.1 Å². The van der Waals surface area contributed by atoms with Gasteiger partial charge < -0.3 is 10.6 Å². The standard InChI is InChI=1S/C15H21ClN2O2/c1-3-11(2)17-15(20)12-7-4-5-8-13(12)18-14(19)9-6-10-16/h4-5,7-8,11H,3,6,9-10H2,1-2H3,(H,17,20)(H,18,19). The van der Waals surface area contributed by atoms with Crippen molar-refractivity contribution in [3.8, 4) is 0 Å². The Morgan fingerprint density at radius 3 is 2.65 bits per heavy atom. The van der Waals surface area contributed by atoms with Gasteiger partial charge >= 0.3 is 0 Å². The van der Waals surface area contributed by atoms with Gasteiger partial charge in [0.2, 0.25) is 5.91 Å². The van der Waals surface area contributed by atoms with Crippen molar-refractivity contribution in [1.29, 1.82) is 0 Å². The van der Waals surface area contributed by atoms with E-state index in [0.717, 1.165) is 6.42 Å². The number of alkyl halides is 1. The normalized spacial score (nSPS) is 11.8. The van der Waals surface area contributed by atoms with Crippen LogP contribution in [0, 0.1) is 0 Å². The van der Waals surface area contributed by atoms with Crippen molar-refractivity contribution in [2.45, 2.75) is 39.2 Å². The summed E-state index contributed by atoms with van der Waals surface area (Å²) in [5.41, 5.74) is 1.01. The minimum atomic E-state index is -0.174. The Morgan fingerprint density at radius 1 is 1.30 bits per heavy atom. The fourth-order valence-corrected chi connectivity index (χ4v) is 1.77. The fourth-order valence-electron chi connectivity index (χ4n) is 1.63. The average Bonchev–Trinajstić information content (AvgIpc) is 2.45. The largest absolute Gasteiger partial charge is 0.350 e. The Kier molecular flexibility index (Phi) is 7.09. The van der Waals surface area contributed by atoms with Crippen LogP contribution in [-0.4, -0.2) is 23.7 Å². The van der Waals surface area contributed by atoms with Gasteiger partial charge in [0.25, 0.3) is 5.91 Å². The number of anilines is 1. The van der Waals surface area contributed by atoms with E-state index in [-0.39, 0.29) is 17.9 Å². The van der Waals surface area contributed by atoms with Gasteiger partial charge in [-0.3, -0.25) is 9.59 Å². The quantitative estimate of drug-likeness (QED) is 0.759. The van der Waals surface area contributed by atoms with Gasteiger partial charge in [-0.2, -0.15) is 0 Å². The minimum absolute atomic E-state index is 0.0995. The number of rotatable bonds is 7. The topological polar surface area (TPSA) is 58.2 Å². The molecule has 0 heterocycles. The Labute approximate surface area is 124 Å². The summed E-state index contributed by atoms with van der Waals surface area (Å²) in [6.07, 6.45) is 1.83. The Morgan fingerprint density at radius 2 is 2.00 bits per heavy atom. The third-order valence-corrected chi connectivity index (χ3v) is 3.24.